The van der Waals surface area contributed by atoms with Crippen LogP contribution >= 0.6 is 11.8 Å². The lowest BCUT2D eigenvalue weighted by atomic mass is 10.2. The molecule has 2 atom stereocenters. The second kappa shape index (κ2) is 4.01. The first-order valence-electron chi connectivity index (χ1n) is 5.47. The van der Waals surface area contributed by atoms with Gasteiger partial charge in [0, 0.05) is 29.7 Å². The molecule has 3 nitrogen and oxygen atoms in total. The summed E-state index contributed by atoms with van der Waals surface area (Å²) in [6.07, 6.45) is 6.13. The maximum absolute atomic E-state index is 11.9. The van der Waals surface area contributed by atoms with Gasteiger partial charge in [-0.05, 0) is 24.6 Å². The number of amides is 1. The molecule has 2 aliphatic rings. The fourth-order valence-electron chi connectivity index (χ4n) is 2.30. The van der Waals surface area contributed by atoms with Crippen LogP contribution in [0.1, 0.15) is 12.2 Å². The zero-order chi connectivity index (χ0) is 11.0. The number of furan rings is 1. The Labute approximate surface area is 98.5 Å². The van der Waals surface area contributed by atoms with Crippen LogP contribution < -0.4 is 0 Å². The number of fused-ring (bicyclic) bond motifs is 2. The number of carbonyl (C=O) groups is 1. The highest BCUT2D eigenvalue weighted by Crippen LogP contribution is 2.37. The van der Waals surface area contributed by atoms with Crippen molar-refractivity contribution in [3.63, 3.8) is 0 Å². The average Bonchev–Trinajstić information content (AvgIpc) is 3.01. The fraction of sp³-hybridized carbons (Fsp3) is 0.417. The summed E-state index contributed by atoms with van der Waals surface area (Å²) in [6.45, 7) is 0.913. The van der Waals surface area contributed by atoms with Crippen LogP contribution in [-0.2, 0) is 4.79 Å². The fourth-order valence-corrected chi connectivity index (χ4v) is 3.74. The van der Waals surface area contributed by atoms with Gasteiger partial charge in [-0.1, -0.05) is 0 Å². The molecule has 2 saturated heterocycles. The average molecular weight is 235 g/mol. The molecule has 0 radical (unpaired) electrons. The number of thioether (sulfide) groups is 1. The molecule has 0 N–H and O–H groups in total. The predicted octanol–water partition coefficient (Wildman–Crippen LogP) is 2.01. The first-order chi connectivity index (χ1) is 7.83. The minimum atomic E-state index is 0.115. The van der Waals surface area contributed by atoms with Crippen LogP contribution in [0.4, 0.5) is 0 Å². The SMILES string of the molecule is O=C(/C=C/c1ccco1)N1CC2CC1CS2. The third-order valence-electron chi connectivity index (χ3n) is 3.12. The van der Waals surface area contributed by atoms with Crippen LogP contribution in [0.15, 0.2) is 28.9 Å². The molecule has 84 valence electrons. The minimum absolute atomic E-state index is 0.115. The first-order valence-corrected chi connectivity index (χ1v) is 6.51. The van der Waals surface area contributed by atoms with Gasteiger partial charge in [0.25, 0.3) is 0 Å². The summed E-state index contributed by atoms with van der Waals surface area (Å²) in [4.78, 5) is 13.9. The Morgan fingerprint density at radius 3 is 3.19 bits per heavy atom. The van der Waals surface area contributed by atoms with E-state index in [1.165, 1.54) is 6.42 Å². The Kier molecular flexibility index (Phi) is 2.52. The van der Waals surface area contributed by atoms with E-state index < -0.39 is 0 Å². The Hall–Kier alpha value is -1.16. The van der Waals surface area contributed by atoms with Gasteiger partial charge in [0.2, 0.25) is 5.91 Å². The van der Waals surface area contributed by atoms with Crippen molar-refractivity contribution in [2.75, 3.05) is 12.3 Å². The Morgan fingerprint density at radius 2 is 2.56 bits per heavy atom. The minimum Gasteiger partial charge on any atom is -0.465 e. The number of rotatable bonds is 2. The second-order valence-electron chi connectivity index (χ2n) is 4.18. The number of hydrogen-bond donors (Lipinski definition) is 0. The molecule has 3 heterocycles. The molecular formula is C12H13NO2S. The molecule has 2 fully saturated rings. The van der Waals surface area contributed by atoms with Gasteiger partial charge in [-0.3, -0.25) is 4.79 Å². The summed E-state index contributed by atoms with van der Waals surface area (Å²) in [7, 11) is 0. The smallest absolute Gasteiger partial charge is 0.247 e. The standard InChI is InChI=1S/C12H13NO2S/c14-12(4-3-10-2-1-5-15-10)13-7-11-6-9(13)8-16-11/h1-5,9,11H,6-8H2/b4-3+. The van der Waals surface area contributed by atoms with E-state index in [2.05, 4.69) is 0 Å². The van der Waals surface area contributed by atoms with E-state index in [1.54, 1.807) is 18.4 Å². The maximum atomic E-state index is 11.9. The molecule has 1 aromatic rings. The molecule has 4 heteroatoms. The van der Waals surface area contributed by atoms with Gasteiger partial charge in [0.15, 0.2) is 0 Å². The lowest BCUT2D eigenvalue weighted by Crippen LogP contribution is -2.38. The Balaban J connectivity index is 1.66. The van der Waals surface area contributed by atoms with Crippen LogP contribution in [0.25, 0.3) is 6.08 Å². The van der Waals surface area contributed by atoms with Crippen LogP contribution in [0.5, 0.6) is 0 Å². The topological polar surface area (TPSA) is 33.5 Å². The molecule has 0 spiro atoms. The zero-order valence-corrected chi connectivity index (χ0v) is 9.65. The quantitative estimate of drug-likeness (QED) is 0.735. The molecular weight excluding hydrogens is 222 g/mol. The van der Waals surface area contributed by atoms with Gasteiger partial charge in [0.05, 0.1) is 6.26 Å². The van der Waals surface area contributed by atoms with Crippen molar-refractivity contribution in [1.29, 1.82) is 0 Å². The molecule has 1 amide bonds. The van der Waals surface area contributed by atoms with E-state index in [4.69, 9.17) is 4.42 Å². The number of carbonyl (C=O) groups excluding carboxylic acids is 1. The Bertz CT molecular complexity index is 413. The van der Waals surface area contributed by atoms with Gasteiger partial charge >= 0.3 is 0 Å². The zero-order valence-electron chi connectivity index (χ0n) is 8.83. The predicted molar refractivity (Wildman–Crippen MR) is 64.1 cm³/mol. The molecule has 3 rings (SSSR count). The molecule has 2 bridgehead atoms. The maximum Gasteiger partial charge on any atom is 0.247 e. The monoisotopic (exact) mass is 235 g/mol. The lowest BCUT2D eigenvalue weighted by Gasteiger charge is -2.25. The van der Waals surface area contributed by atoms with Gasteiger partial charge in [-0.15, -0.1) is 0 Å². The summed E-state index contributed by atoms with van der Waals surface area (Å²) in [5.74, 6) is 1.95. The first kappa shape index (κ1) is 10.0. The summed E-state index contributed by atoms with van der Waals surface area (Å²) in [6, 6.07) is 4.12. The van der Waals surface area contributed by atoms with E-state index >= 15 is 0 Å². The van der Waals surface area contributed by atoms with Crippen LogP contribution in [0.3, 0.4) is 0 Å². The molecule has 1 aromatic heterocycles. The van der Waals surface area contributed by atoms with E-state index in [1.807, 2.05) is 28.8 Å². The number of nitrogens with zero attached hydrogens (tertiary/aromatic N) is 1. The highest BCUT2D eigenvalue weighted by atomic mass is 32.2. The van der Waals surface area contributed by atoms with Gasteiger partial charge in [0.1, 0.15) is 5.76 Å². The van der Waals surface area contributed by atoms with Crippen molar-refractivity contribution in [1.82, 2.24) is 4.90 Å². The number of hydrogen-bond acceptors (Lipinski definition) is 3. The van der Waals surface area contributed by atoms with Crippen LogP contribution in [-0.4, -0.2) is 34.4 Å². The molecule has 2 aliphatic heterocycles. The normalized spacial score (nSPS) is 28.1. The summed E-state index contributed by atoms with van der Waals surface area (Å²) < 4.78 is 5.15. The van der Waals surface area contributed by atoms with Crippen molar-refractivity contribution in [3.8, 4) is 0 Å². The summed E-state index contributed by atoms with van der Waals surface area (Å²) in [5.41, 5.74) is 0. The third kappa shape index (κ3) is 1.78. The van der Waals surface area contributed by atoms with Crippen molar-refractivity contribution in [2.24, 2.45) is 0 Å². The molecule has 2 unspecified atom stereocenters. The van der Waals surface area contributed by atoms with Gasteiger partial charge in [-0.2, -0.15) is 11.8 Å². The highest BCUT2D eigenvalue weighted by Gasteiger charge is 2.40. The second-order valence-corrected chi connectivity index (χ2v) is 5.52. The summed E-state index contributed by atoms with van der Waals surface area (Å²) >= 11 is 1.99. The van der Waals surface area contributed by atoms with E-state index in [0.717, 1.165) is 18.1 Å². The van der Waals surface area contributed by atoms with Crippen molar-refractivity contribution >= 4 is 23.7 Å². The van der Waals surface area contributed by atoms with Crippen molar-refractivity contribution in [2.45, 2.75) is 17.7 Å². The number of likely N-dealkylation sites (tertiary alicyclic amines) is 1. The van der Waals surface area contributed by atoms with E-state index in [9.17, 15) is 4.79 Å². The highest BCUT2D eigenvalue weighted by molar-refractivity contribution is 8.00. The van der Waals surface area contributed by atoms with Gasteiger partial charge in [-0.25, -0.2) is 0 Å². The van der Waals surface area contributed by atoms with E-state index in [0.29, 0.717) is 11.3 Å². The van der Waals surface area contributed by atoms with Crippen LogP contribution in [0, 0.1) is 0 Å². The third-order valence-corrected chi connectivity index (χ3v) is 4.51. The molecule has 0 saturated carbocycles. The van der Waals surface area contributed by atoms with E-state index in [-0.39, 0.29) is 5.91 Å². The summed E-state index contributed by atoms with van der Waals surface area (Å²) in [5, 5.41) is 0.672. The van der Waals surface area contributed by atoms with Crippen molar-refractivity contribution < 1.29 is 9.21 Å². The van der Waals surface area contributed by atoms with Crippen molar-refractivity contribution in [3.05, 3.63) is 30.2 Å². The lowest BCUT2D eigenvalue weighted by molar-refractivity contribution is -0.126. The Morgan fingerprint density at radius 1 is 1.62 bits per heavy atom. The largest absolute Gasteiger partial charge is 0.465 e. The molecule has 0 aliphatic carbocycles. The van der Waals surface area contributed by atoms with Gasteiger partial charge < -0.3 is 9.32 Å². The molecule has 0 aromatic carbocycles. The van der Waals surface area contributed by atoms with Crippen LogP contribution in [0.2, 0.25) is 0 Å². The molecule has 16 heavy (non-hydrogen) atoms.